The topological polar surface area (TPSA) is 0 Å². The van der Waals surface area contributed by atoms with Crippen molar-refractivity contribution in [1.82, 2.24) is 0 Å². The lowest BCUT2D eigenvalue weighted by Crippen LogP contribution is -1.87. The van der Waals surface area contributed by atoms with Crippen LogP contribution >= 0.6 is 0 Å². The zero-order valence-corrected chi connectivity index (χ0v) is 10.7. The molecule has 2 aromatic carbocycles. The zero-order valence-electron chi connectivity index (χ0n) is 10.7. The number of hydrogen-bond donors (Lipinski definition) is 0. The predicted octanol–water partition coefficient (Wildman–Crippen LogP) is 5.14. The first-order chi connectivity index (χ1) is 9.20. The second-order valence-electron chi connectivity index (χ2n) is 4.51. The van der Waals surface area contributed by atoms with E-state index in [1.54, 1.807) is 6.07 Å². The molecule has 0 nitrogen and oxygen atoms in total. The van der Waals surface area contributed by atoms with Crippen molar-refractivity contribution in [2.45, 2.75) is 19.3 Å². The molecule has 0 saturated carbocycles. The van der Waals surface area contributed by atoms with Gasteiger partial charge in [0.1, 0.15) is 0 Å². The van der Waals surface area contributed by atoms with Crippen LogP contribution < -0.4 is 0 Å². The second kappa shape index (κ2) is 6.28. The molecule has 19 heavy (non-hydrogen) atoms. The fourth-order valence-corrected chi connectivity index (χ4v) is 1.99. The van der Waals surface area contributed by atoms with E-state index in [4.69, 9.17) is 0 Å². The highest BCUT2D eigenvalue weighted by atomic mass is 19.2. The van der Waals surface area contributed by atoms with Crippen molar-refractivity contribution in [3.05, 3.63) is 72.3 Å². The van der Waals surface area contributed by atoms with Crippen LogP contribution in [0.3, 0.4) is 0 Å². The van der Waals surface area contributed by atoms with Crippen molar-refractivity contribution < 1.29 is 8.78 Å². The van der Waals surface area contributed by atoms with Gasteiger partial charge in [-0.1, -0.05) is 36.4 Å². The Balaban J connectivity index is 2.13. The number of allylic oxidation sites excluding steroid dienone is 1. The van der Waals surface area contributed by atoms with E-state index >= 15 is 0 Å². The Morgan fingerprint density at radius 3 is 2.21 bits per heavy atom. The summed E-state index contributed by atoms with van der Waals surface area (Å²) >= 11 is 0. The molecule has 0 N–H and O–H groups in total. The van der Waals surface area contributed by atoms with Crippen LogP contribution in [0.4, 0.5) is 8.78 Å². The lowest BCUT2D eigenvalue weighted by Gasteiger charge is -2.05. The summed E-state index contributed by atoms with van der Waals surface area (Å²) in [5.74, 6) is -1.63. The monoisotopic (exact) mass is 258 g/mol. The van der Waals surface area contributed by atoms with E-state index in [1.807, 2.05) is 30.3 Å². The maximum atomic E-state index is 13.2. The summed E-state index contributed by atoms with van der Waals surface area (Å²) in [6.45, 7) is 3.69. The van der Waals surface area contributed by atoms with E-state index < -0.39 is 11.6 Å². The standard InChI is InChI=1S/C17H16F2/c1-2-3-4-5-13-6-8-14(9-7-13)15-10-11-16(18)17(19)12-15/h2,6-12H,1,3-5H2. The minimum atomic E-state index is -0.815. The molecule has 0 radical (unpaired) electrons. The van der Waals surface area contributed by atoms with Crippen molar-refractivity contribution >= 4 is 0 Å². The fourth-order valence-electron chi connectivity index (χ4n) is 1.99. The SMILES string of the molecule is C=CCCCc1ccc(-c2ccc(F)c(F)c2)cc1. The molecule has 2 rings (SSSR count). The number of benzene rings is 2. The average molecular weight is 258 g/mol. The molecule has 0 heterocycles. The van der Waals surface area contributed by atoms with E-state index in [2.05, 4.69) is 6.58 Å². The van der Waals surface area contributed by atoms with Gasteiger partial charge in [0.2, 0.25) is 0 Å². The first-order valence-electron chi connectivity index (χ1n) is 6.36. The number of aryl methyl sites for hydroxylation is 1. The maximum Gasteiger partial charge on any atom is 0.159 e. The Morgan fingerprint density at radius 1 is 0.895 bits per heavy atom. The zero-order chi connectivity index (χ0) is 13.7. The van der Waals surface area contributed by atoms with Crippen molar-refractivity contribution in [2.75, 3.05) is 0 Å². The van der Waals surface area contributed by atoms with Gasteiger partial charge in [0.25, 0.3) is 0 Å². The van der Waals surface area contributed by atoms with E-state index in [0.29, 0.717) is 5.56 Å². The molecule has 98 valence electrons. The lowest BCUT2D eigenvalue weighted by atomic mass is 10.0. The van der Waals surface area contributed by atoms with Crippen LogP contribution in [0.1, 0.15) is 18.4 Å². The van der Waals surface area contributed by atoms with Gasteiger partial charge in [-0.25, -0.2) is 8.78 Å². The average Bonchev–Trinajstić information content (AvgIpc) is 2.43. The van der Waals surface area contributed by atoms with Gasteiger partial charge in [0.15, 0.2) is 11.6 Å². The van der Waals surface area contributed by atoms with Gasteiger partial charge in [0.05, 0.1) is 0 Å². The van der Waals surface area contributed by atoms with E-state index in [1.165, 1.54) is 11.6 Å². The molecule has 0 spiro atoms. The Morgan fingerprint density at radius 2 is 1.58 bits per heavy atom. The molecule has 0 bridgehead atoms. The summed E-state index contributed by atoms with van der Waals surface area (Å²) in [7, 11) is 0. The first-order valence-corrected chi connectivity index (χ1v) is 6.36. The highest BCUT2D eigenvalue weighted by Gasteiger charge is 2.04. The summed E-state index contributed by atoms with van der Waals surface area (Å²) in [6.07, 6.45) is 5.00. The van der Waals surface area contributed by atoms with Gasteiger partial charge in [-0.15, -0.1) is 6.58 Å². The minimum Gasteiger partial charge on any atom is -0.204 e. The van der Waals surface area contributed by atoms with Crippen molar-refractivity contribution in [3.8, 4) is 11.1 Å². The van der Waals surface area contributed by atoms with E-state index in [0.717, 1.165) is 30.9 Å². The van der Waals surface area contributed by atoms with E-state index in [9.17, 15) is 8.78 Å². The summed E-state index contributed by atoms with van der Waals surface area (Å²) in [5.41, 5.74) is 2.83. The normalized spacial score (nSPS) is 10.4. The highest BCUT2D eigenvalue weighted by Crippen LogP contribution is 2.22. The summed E-state index contributed by atoms with van der Waals surface area (Å²) in [5, 5.41) is 0. The highest BCUT2D eigenvalue weighted by molar-refractivity contribution is 5.63. The van der Waals surface area contributed by atoms with Crippen LogP contribution in [0.5, 0.6) is 0 Å². The first kappa shape index (κ1) is 13.5. The predicted molar refractivity (Wildman–Crippen MR) is 74.9 cm³/mol. The minimum absolute atomic E-state index is 0.691. The summed E-state index contributed by atoms with van der Waals surface area (Å²) in [6, 6.07) is 11.9. The molecule has 0 saturated heterocycles. The second-order valence-corrected chi connectivity index (χ2v) is 4.51. The van der Waals surface area contributed by atoms with Gasteiger partial charge in [-0.05, 0) is 48.1 Å². The molecule has 0 fully saturated rings. The molecule has 0 aliphatic heterocycles. The number of rotatable bonds is 5. The Bertz CT molecular complexity index is 556. The van der Waals surface area contributed by atoms with E-state index in [-0.39, 0.29) is 0 Å². The van der Waals surface area contributed by atoms with Gasteiger partial charge >= 0.3 is 0 Å². The van der Waals surface area contributed by atoms with Crippen molar-refractivity contribution in [2.24, 2.45) is 0 Å². The molecule has 0 unspecified atom stereocenters. The smallest absolute Gasteiger partial charge is 0.159 e. The molecule has 2 heteroatoms. The molecule has 0 aromatic heterocycles. The van der Waals surface area contributed by atoms with Gasteiger partial charge < -0.3 is 0 Å². The van der Waals surface area contributed by atoms with Gasteiger partial charge in [-0.3, -0.25) is 0 Å². The largest absolute Gasteiger partial charge is 0.204 e. The molecule has 0 aliphatic carbocycles. The maximum absolute atomic E-state index is 13.2. The Hall–Kier alpha value is -1.96. The molecule has 0 atom stereocenters. The van der Waals surface area contributed by atoms with Crippen LogP contribution in [-0.4, -0.2) is 0 Å². The third-order valence-electron chi connectivity index (χ3n) is 3.08. The molecular formula is C17H16F2. The van der Waals surface area contributed by atoms with Gasteiger partial charge in [-0.2, -0.15) is 0 Å². The van der Waals surface area contributed by atoms with Crippen LogP contribution in [-0.2, 0) is 6.42 Å². The molecule has 0 aliphatic rings. The van der Waals surface area contributed by atoms with Crippen LogP contribution in [0, 0.1) is 11.6 Å². The lowest BCUT2D eigenvalue weighted by molar-refractivity contribution is 0.509. The van der Waals surface area contributed by atoms with Crippen molar-refractivity contribution in [1.29, 1.82) is 0 Å². The Labute approximate surface area is 112 Å². The molecular weight excluding hydrogens is 242 g/mol. The Kier molecular flexibility index (Phi) is 4.45. The molecule has 2 aromatic rings. The third kappa shape index (κ3) is 3.50. The number of halogens is 2. The van der Waals surface area contributed by atoms with Crippen LogP contribution in [0.2, 0.25) is 0 Å². The number of hydrogen-bond acceptors (Lipinski definition) is 0. The fraction of sp³-hybridized carbons (Fsp3) is 0.176. The number of unbranched alkanes of at least 4 members (excludes halogenated alkanes) is 1. The molecule has 0 amide bonds. The van der Waals surface area contributed by atoms with Crippen molar-refractivity contribution in [3.63, 3.8) is 0 Å². The summed E-state index contributed by atoms with van der Waals surface area (Å²) < 4.78 is 26.0. The van der Waals surface area contributed by atoms with Crippen LogP contribution in [0.15, 0.2) is 55.1 Å². The summed E-state index contributed by atoms with van der Waals surface area (Å²) in [4.78, 5) is 0. The quantitative estimate of drug-likeness (QED) is 0.514. The van der Waals surface area contributed by atoms with Crippen LogP contribution in [0.25, 0.3) is 11.1 Å². The van der Waals surface area contributed by atoms with Gasteiger partial charge in [0, 0.05) is 0 Å². The third-order valence-corrected chi connectivity index (χ3v) is 3.08.